The Morgan fingerprint density at radius 2 is 1.93 bits per heavy atom. The summed E-state index contributed by atoms with van der Waals surface area (Å²) < 4.78 is 7.48. The van der Waals surface area contributed by atoms with Crippen LogP contribution in [0.25, 0.3) is 11.3 Å². The van der Waals surface area contributed by atoms with Crippen LogP contribution < -0.4 is 5.32 Å². The maximum Gasteiger partial charge on any atom is 0.0983 e. The molecule has 1 saturated heterocycles. The molecule has 0 amide bonds. The molecule has 1 unspecified atom stereocenters. The van der Waals surface area contributed by atoms with E-state index < -0.39 is 0 Å². The van der Waals surface area contributed by atoms with Gasteiger partial charge in [-0.1, -0.05) is 29.8 Å². The maximum absolute atomic E-state index is 6.45. The molecule has 2 heterocycles. The highest BCUT2D eigenvalue weighted by atomic mass is 35.5. The number of hydrogen-bond acceptors (Lipinski definition) is 4. The van der Waals surface area contributed by atoms with Gasteiger partial charge in [-0.2, -0.15) is 5.10 Å². The van der Waals surface area contributed by atoms with Crippen molar-refractivity contribution in [1.29, 1.82) is 0 Å². The standard InChI is InChI=1S/C21H31ClN4O/c1-16(25-9-11-27-12-10-25)13-23-14-17-15-26(21(2,3)4)24-20(17)18-7-5-6-8-19(18)22/h5-8,15-16,23H,9-14H2,1-4H3. The molecule has 27 heavy (non-hydrogen) atoms. The van der Waals surface area contributed by atoms with Crippen LogP contribution in [0.2, 0.25) is 5.02 Å². The number of nitrogens with zero attached hydrogens (tertiary/aromatic N) is 3. The monoisotopic (exact) mass is 390 g/mol. The molecule has 3 rings (SSSR count). The first-order valence-electron chi connectivity index (χ1n) is 9.72. The van der Waals surface area contributed by atoms with Crippen LogP contribution in [0.4, 0.5) is 0 Å². The molecule has 1 aliphatic heterocycles. The van der Waals surface area contributed by atoms with E-state index in [0.717, 1.165) is 55.7 Å². The van der Waals surface area contributed by atoms with E-state index in [9.17, 15) is 0 Å². The van der Waals surface area contributed by atoms with Gasteiger partial charge in [-0.05, 0) is 33.8 Å². The number of aromatic nitrogens is 2. The zero-order valence-electron chi connectivity index (χ0n) is 16.8. The smallest absolute Gasteiger partial charge is 0.0983 e. The summed E-state index contributed by atoms with van der Waals surface area (Å²) in [5.74, 6) is 0. The topological polar surface area (TPSA) is 42.3 Å². The fraction of sp³-hybridized carbons (Fsp3) is 0.571. The Hall–Kier alpha value is -1.40. The van der Waals surface area contributed by atoms with Gasteiger partial charge in [0.05, 0.1) is 29.5 Å². The summed E-state index contributed by atoms with van der Waals surface area (Å²) in [7, 11) is 0. The maximum atomic E-state index is 6.45. The van der Waals surface area contributed by atoms with E-state index in [2.05, 4.69) is 44.1 Å². The zero-order valence-corrected chi connectivity index (χ0v) is 17.6. The fourth-order valence-electron chi connectivity index (χ4n) is 3.33. The minimum absolute atomic E-state index is 0.0741. The number of ether oxygens (including phenoxy) is 1. The molecule has 1 aromatic carbocycles. The summed E-state index contributed by atoms with van der Waals surface area (Å²) in [5, 5.41) is 9.22. The fourth-order valence-corrected chi connectivity index (χ4v) is 3.55. The van der Waals surface area contributed by atoms with Gasteiger partial charge in [0.25, 0.3) is 0 Å². The molecule has 148 valence electrons. The van der Waals surface area contributed by atoms with Crippen LogP contribution in [0.1, 0.15) is 33.3 Å². The quantitative estimate of drug-likeness (QED) is 0.815. The highest BCUT2D eigenvalue weighted by molar-refractivity contribution is 6.33. The number of morpholine rings is 1. The third-order valence-electron chi connectivity index (χ3n) is 5.03. The SMILES string of the molecule is CC(CNCc1cn(C(C)(C)C)nc1-c1ccccc1Cl)N1CCOCC1. The van der Waals surface area contributed by atoms with Crippen LogP contribution in [0.5, 0.6) is 0 Å². The van der Waals surface area contributed by atoms with Crippen molar-refractivity contribution in [2.75, 3.05) is 32.8 Å². The molecule has 0 saturated carbocycles. The van der Waals surface area contributed by atoms with Crippen molar-refractivity contribution in [1.82, 2.24) is 20.0 Å². The molecular weight excluding hydrogens is 360 g/mol. The molecule has 1 fully saturated rings. The van der Waals surface area contributed by atoms with Gasteiger partial charge >= 0.3 is 0 Å². The average Bonchev–Trinajstić information content (AvgIpc) is 3.07. The van der Waals surface area contributed by atoms with Gasteiger partial charge in [0.2, 0.25) is 0 Å². The first-order chi connectivity index (χ1) is 12.9. The van der Waals surface area contributed by atoms with Gasteiger partial charge in [0, 0.05) is 49.5 Å². The molecule has 0 bridgehead atoms. The number of rotatable bonds is 6. The van der Waals surface area contributed by atoms with Crippen molar-refractivity contribution in [2.24, 2.45) is 0 Å². The summed E-state index contributed by atoms with van der Waals surface area (Å²) in [6, 6.07) is 8.40. The van der Waals surface area contributed by atoms with Crippen LogP contribution >= 0.6 is 11.6 Å². The lowest BCUT2D eigenvalue weighted by molar-refractivity contribution is 0.0203. The van der Waals surface area contributed by atoms with Gasteiger partial charge in [-0.25, -0.2) is 0 Å². The lowest BCUT2D eigenvalue weighted by Gasteiger charge is -2.32. The molecule has 0 aliphatic carbocycles. The third kappa shape index (κ3) is 5.11. The molecule has 1 aliphatic rings. The van der Waals surface area contributed by atoms with Crippen LogP contribution in [-0.2, 0) is 16.8 Å². The van der Waals surface area contributed by atoms with Crippen molar-refractivity contribution >= 4 is 11.6 Å². The second-order valence-electron chi connectivity index (χ2n) is 8.23. The number of benzene rings is 1. The molecule has 0 radical (unpaired) electrons. The molecule has 1 atom stereocenters. The lowest BCUT2D eigenvalue weighted by Crippen LogP contribution is -2.46. The Kier molecular flexibility index (Phi) is 6.58. The van der Waals surface area contributed by atoms with E-state index in [1.807, 2.05) is 28.9 Å². The Morgan fingerprint density at radius 1 is 1.22 bits per heavy atom. The van der Waals surface area contributed by atoms with Crippen molar-refractivity contribution in [3.63, 3.8) is 0 Å². The van der Waals surface area contributed by atoms with Crippen molar-refractivity contribution in [3.05, 3.63) is 41.0 Å². The predicted molar refractivity (Wildman–Crippen MR) is 111 cm³/mol. The minimum atomic E-state index is -0.0741. The molecule has 1 N–H and O–H groups in total. The summed E-state index contributed by atoms with van der Waals surface area (Å²) in [6.45, 7) is 14.1. The summed E-state index contributed by atoms with van der Waals surface area (Å²) in [6.07, 6.45) is 2.14. The molecule has 1 aromatic heterocycles. The molecule has 2 aromatic rings. The van der Waals surface area contributed by atoms with Crippen LogP contribution in [-0.4, -0.2) is 53.6 Å². The van der Waals surface area contributed by atoms with Crippen LogP contribution in [0.15, 0.2) is 30.5 Å². The van der Waals surface area contributed by atoms with Crippen molar-refractivity contribution < 1.29 is 4.74 Å². The number of nitrogens with one attached hydrogen (secondary N) is 1. The van der Waals surface area contributed by atoms with E-state index in [1.165, 1.54) is 5.56 Å². The highest BCUT2D eigenvalue weighted by Crippen LogP contribution is 2.30. The summed E-state index contributed by atoms with van der Waals surface area (Å²) in [4.78, 5) is 2.48. The summed E-state index contributed by atoms with van der Waals surface area (Å²) in [5.41, 5.74) is 3.05. The largest absolute Gasteiger partial charge is 0.379 e. The van der Waals surface area contributed by atoms with E-state index in [1.54, 1.807) is 0 Å². The third-order valence-corrected chi connectivity index (χ3v) is 5.36. The van der Waals surface area contributed by atoms with Gasteiger partial charge in [0.15, 0.2) is 0 Å². The molecule has 6 heteroatoms. The average molecular weight is 391 g/mol. The van der Waals surface area contributed by atoms with Gasteiger partial charge < -0.3 is 10.1 Å². The predicted octanol–water partition coefficient (Wildman–Crippen LogP) is 3.77. The Labute approximate surface area is 167 Å². The normalized spacial score (nSPS) is 17.2. The summed E-state index contributed by atoms with van der Waals surface area (Å²) >= 11 is 6.45. The van der Waals surface area contributed by atoms with Crippen LogP contribution in [0, 0.1) is 0 Å². The van der Waals surface area contributed by atoms with Crippen LogP contribution in [0.3, 0.4) is 0 Å². The Balaban J connectivity index is 1.73. The minimum Gasteiger partial charge on any atom is -0.379 e. The van der Waals surface area contributed by atoms with Crippen molar-refractivity contribution in [2.45, 2.75) is 45.8 Å². The van der Waals surface area contributed by atoms with E-state index in [-0.39, 0.29) is 5.54 Å². The molecule has 5 nitrogen and oxygen atoms in total. The Bertz CT molecular complexity index is 747. The molecular formula is C21H31ClN4O. The number of halogens is 1. The number of hydrogen-bond donors (Lipinski definition) is 1. The first-order valence-corrected chi connectivity index (χ1v) is 10.1. The van der Waals surface area contributed by atoms with Crippen molar-refractivity contribution in [3.8, 4) is 11.3 Å². The van der Waals surface area contributed by atoms with Gasteiger partial charge in [-0.15, -0.1) is 0 Å². The van der Waals surface area contributed by atoms with Gasteiger partial charge in [0.1, 0.15) is 0 Å². The highest BCUT2D eigenvalue weighted by Gasteiger charge is 2.21. The zero-order chi connectivity index (χ0) is 19.4. The first kappa shape index (κ1) is 20.3. The Morgan fingerprint density at radius 3 is 2.59 bits per heavy atom. The lowest BCUT2D eigenvalue weighted by atomic mass is 10.1. The second kappa shape index (κ2) is 8.74. The molecule has 0 spiro atoms. The van der Waals surface area contributed by atoms with Gasteiger partial charge in [-0.3, -0.25) is 9.58 Å². The van der Waals surface area contributed by atoms with E-state index >= 15 is 0 Å². The van der Waals surface area contributed by atoms with E-state index in [4.69, 9.17) is 21.4 Å². The van der Waals surface area contributed by atoms with E-state index in [0.29, 0.717) is 6.04 Å². The second-order valence-corrected chi connectivity index (χ2v) is 8.63.